The molecule has 94 valence electrons. The van der Waals surface area contributed by atoms with Crippen molar-refractivity contribution >= 4 is 5.97 Å². The Bertz CT molecular complexity index is 372. The molecule has 0 fully saturated rings. The summed E-state index contributed by atoms with van der Waals surface area (Å²) < 4.78 is 13.5. The molecule has 0 bridgehead atoms. The number of rotatable bonds is 6. The lowest BCUT2D eigenvalue weighted by Crippen LogP contribution is -2.25. The third kappa shape index (κ3) is 3.55. The van der Waals surface area contributed by atoms with Crippen LogP contribution in [0.3, 0.4) is 0 Å². The topological polar surface area (TPSA) is 37.3 Å². The summed E-state index contributed by atoms with van der Waals surface area (Å²) in [6, 6.07) is 6.39. The lowest BCUT2D eigenvalue weighted by atomic mass is 9.83. The fourth-order valence-corrected chi connectivity index (χ4v) is 2.21. The smallest absolute Gasteiger partial charge is 0.307 e. The highest BCUT2D eigenvalue weighted by atomic mass is 19.1. The minimum absolute atomic E-state index is 0.104. The first-order chi connectivity index (χ1) is 8.10. The molecule has 0 aliphatic heterocycles. The second kappa shape index (κ2) is 6.38. The summed E-state index contributed by atoms with van der Waals surface area (Å²) in [4.78, 5) is 11.3. The molecule has 0 spiro atoms. The maximum Gasteiger partial charge on any atom is 0.307 e. The molecule has 1 unspecified atom stereocenters. The van der Waals surface area contributed by atoms with Gasteiger partial charge < -0.3 is 5.11 Å². The van der Waals surface area contributed by atoms with Crippen molar-refractivity contribution in [2.75, 3.05) is 0 Å². The molecule has 17 heavy (non-hydrogen) atoms. The summed E-state index contributed by atoms with van der Waals surface area (Å²) in [5.41, 5.74) is 0.492. The molecule has 1 N–H and O–H groups in total. The minimum atomic E-state index is -0.832. The zero-order valence-corrected chi connectivity index (χ0v) is 10.3. The van der Waals surface area contributed by atoms with Crippen molar-refractivity contribution in [1.82, 2.24) is 0 Å². The monoisotopic (exact) mass is 238 g/mol. The zero-order chi connectivity index (χ0) is 12.8. The summed E-state index contributed by atoms with van der Waals surface area (Å²) >= 11 is 0. The maximum absolute atomic E-state index is 13.5. The van der Waals surface area contributed by atoms with Gasteiger partial charge in [0.15, 0.2) is 0 Å². The van der Waals surface area contributed by atoms with Gasteiger partial charge in [-0.25, -0.2) is 4.39 Å². The molecule has 3 heteroatoms. The van der Waals surface area contributed by atoms with E-state index in [1.54, 1.807) is 18.2 Å². The molecule has 1 aromatic carbocycles. The van der Waals surface area contributed by atoms with Crippen molar-refractivity contribution in [2.24, 2.45) is 11.8 Å². The highest BCUT2D eigenvalue weighted by Gasteiger charge is 2.26. The standard InChI is InChI=1S/C14H19FO2/c1-3-10(4-2)12(14(16)17)9-11-7-5-6-8-13(11)15/h5-8,10,12H,3-4,9H2,1-2H3,(H,16,17). The first-order valence-corrected chi connectivity index (χ1v) is 6.06. The third-order valence-corrected chi connectivity index (χ3v) is 3.33. The van der Waals surface area contributed by atoms with Crippen LogP contribution in [-0.2, 0) is 11.2 Å². The summed E-state index contributed by atoms with van der Waals surface area (Å²) in [5.74, 6) is -1.54. The first kappa shape index (κ1) is 13.7. The molecule has 1 atom stereocenters. The SMILES string of the molecule is CCC(CC)C(Cc1ccccc1F)C(=O)O. The maximum atomic E-state index is 13.5. The average molecular weight is 238 g/mol. The summed E-state index contributed by atoms with van der Waals surface area (Å²) in [5, 5.41) is 9.24. The van der Waals surface area contributed by atoms with Crippen molar-refractivity contribution < 1.29 is 14.3 Å². The van der Waals surface area contributed by atoms with Gasteiger partial charge in [0.1, 0.15) is 5.82 Å². The van der Waals surface area contributed by atoms with E-state index in [0.29, 0.717) is 5.56 Å². The fourth-order valence-electron chi connectivity index (χ4n) is 2.21. The van der Waals surface area contributed by atoms with Crippen LogP contribution in [-0.4, -0.2) is 11.1 Å². The van der Waals surface area contributed by atoms with Crippen molar-refractivity contribution in [3.8, 4) is 0 Å². The number of benzene rings is 1. The van der Waals surface area contributed by atoms with E-state index in [2.05, 4.69) is 0 Å². The van der Waals surface area contributed by atoms with Gasteiger partial charge in [-0.1, -0.05) is 44.9 Å². The molecule has 0 aliphatic rings. The van der Waals surface area contributed by atoms with Crippen molar-refractivity contribution in [3.05, 3.63) is 35.6 Å². The van der Waals surface area contributed by atoms with Crippen LogP contribution in [0.5, 0.6) is 0 Å². The van der Waals surface area contributed by atoms with Crippen LogP contribution in [0.15, 0.2) is 24.3 Å². The molecule has 0 amide bonds. The van der Waals surface area contributed by atoms with E-state index in [-0.39, 0.29) is 18.2 Å². The quantitative estimate of drug-likeness (QED) is 0.823. The predicted octanol–water partition coefficient (Wildman–Crippen LogP) is 3.51. The van der Waals surface area contributed by atoms with Gasteiger partial charge in [0.05, 0.1) is 5.92 Å². The van der Waals surface area contributed by atoms with Crippen LogP contribution in [0.25, 0.3) is 0 Å². The number of carbonyl (C=O) groups is 1. The minimum Gasteiger partial charge on any atom is -0.481 e. The Morgan fingerprint density at radius 2 is 1.88 bits per heavy atom. The summed E-state index contributed by atoms with van der Waals surface area (Å²) in [6.07, 6.45) is 1.89. The Kier molecular flexibility index (Phi) is 5.13. The van der Waals surface area contributed by atoms with Gasteiger partial charge in [0, 0.05) is 0 Å². The molecular weight excluding hydrogens is 219 g/mol. The molecule has 2 nitrogen and oxygen atoms in total. The number of carboxylic acids is 1. The van der Waals surface area contributed by atoms with Gasteiger partial charge in [-0.05, 0) is 24.0 Å². The van der Waals surface area contributed by atoms with Crippen molar-refractivity contribution in [2.45, 2.75) is 33.1 Å². The van der Waals surface area contributed by atoms with Gasteiger partial charge in [-0.2, -0.15) is 0 Å². The van der Waals surface area contributed by atoms with Gasteiger partial charge in [-0.15, -0.1) is 0 Å². The zero-order valence-electron chi connectivity index (χ0n) is 10.3. The average Bonchev–Trinajstić information content (AvgIpc) is 2.31. The van der Waals surface area contributed by atoms with E-state index in [0.717, 1.165) is 12.8 Å². The Labute approximate surface area is 101 Å². The molecule has 0 aromatic heterocycles. The van der Waals surface area contributed by atoms with Crippen molar-refractivity contribution in [1.29, 1.82) is 0 Å². The van der Waals surface area contributed by atoms with Gasteiger partial charge in [0.2, 0.25) is 0 Å². The number of hydrogen-bond acceptors (Lipinski definition) is 1. The van der Waals surface area contributed by atoms with Gasteiger partial charge >= 0.3 is 5.97 Å². The molecule has 0 aliphatic carbocycles. The van der Waals surface area contributed by atoms with E-state index < -0.39 is 11.9 Å². The Morgan fingerprint density at radius 1 is 1.29 bits per heavy atom. The van der Waals surface area contributed by atoms with Crippen LogP contribution in [0.2, 0.25) is 0 Å². The molecular formula is C14H19FO2. The highest BCUT2D eigenvalue weighted by Crippen LogP contribution is 2.25. The Morgan fingerprint density at radius 3 is 2.35 bits per heavy atom. The number of aliphatic carboxylic acids is 1. The molecule has 0 radical (unpaired) electrons. The summed E-state index contributed by atoms with van der Waals surface area (Å²) in [7, 11) is 0. The van der Waals surface area contributed by atoms with Crippen LogP contribution in [0.1, 0.15) is 32.3 Å². The van der Waals surface area contributed by atoms with Crippen LogP contribution in [0.4, 0.5) is 4.39 Å². The van der Waals surface area contributed by atoms with E-state index in [9.17, 15) is 14.3 Å². The van der Waals surface area contributed by atoms with E-state index in [4.69, 9.17) is 0 Å². The van der Waals surface area contributed by atoms with Crippen molar-refractivity contribution in [3.63, 3.8) is 0 Å². The Balaban J connectivity index is 2.87. The number of carboxylic acid groups (broad SMARTS) is 1. The van der Waals surface area contributed by atoms with Gasteiger partial charge in [0.25, 0.3) is 0 Å². The first-order valence-electron chi connectivity index (χ1n) is 6.06. The summed E-state index contributed by atoms with van der Waals surface area (Å²) in [6.45, 7) is 3.96. The second-order valence-corrected chi connectivity index (χ2v) is 4.32. The molecule has 1 rings (SSSR count). The van der Waals surface area contributed by atoms with Gasteiger partial charge in [-0.3, -0.25) is 4.79 Å². The van der Waals surface area contributed by atoms with E-state index >= 15 is 0 Å². The van der Waals surface area contributed by atoms with Crippen LogP contribution in [0, 0.1) is 17.7 Å². The predicted molar refractivity (Wildman–Crippen MR) is 65.3 cm³/mol. The molecule has 0 heterocycles. The highest BCUT2D eigenvalue weighted by molar-refractivity contribution is 5.70. The lowest BCUT2D eigenvalue weighted by molar-refractivity contribution is -0.143. The number of halogens is 1. The molecule has 0 saturated heterocycles. The molecule has 1 aromatic rings. The fraction of sp³-hybridized carbons (Fsp3) is 0.500. The van der Waals surface area contributed by atoms with E-state index in [1.807, 2.05) is 13.8 Å². The second-order valence-electron chi connectivity index (χ2n) is 4.32. The normalized spacial score (nSPS) is 12.7. The number of hydrogen-bond donors (Lipinski definition) is 1. The third-order valence-electron chi connectivity index (χ3n) is 3.33. The Hall–Kier alpha value is -1.38. The van der Waals surface area contributed by atoms with Crippen LogP contribution >= 0.6 is 0 Å². The molecule has 0 saturated carbocycles. The largest absolute Gasteiger partial charge is 0.481 e. The lowest BCUT2D eigenvalue weighted by Gasteiger charge is -2.21. The van der Waals surface area contributed by atoms with Crippen LogP contribution < -0.4 is 0 Å². The van der Waals surface area contributed by atoms with E-state index in [1.165, 1.54) is 6.07 Å².